The Morgan fingerprint density at radius 1 is 0.582 bits per heavy atom. The van der Waals surface area contributed by atoms with Gasteiger partial charge in [-0.3, -0.25) is 9.59 Å². The van der Waals surface area contributed by atoms with Gasteiger partial charge in [0.2, 0.25) is 0 Å². The average Bonchev–Trinajstić information content (AvgIpc) is 3.16. The summed E-state index contributed by atoms with van der Waals surface area (Å²) in [5.41, 5.74) is -0.334. The second kappa shape index (κ2) is 22.3. The molecule has 55 heavy (non-hydrogen) atoms. The monoisotopic (exact) mass is 826 g/mol. The summed E-state index contributed by atoms with van der Waals surface area (Å²) >= 11 is 3.03. The zero-order valence-corrected chi connectivity index (χ0v) is 32.1. The number of rotatable bonds is 13. The maximum atomic E-state index is 12.9. The molecule has 0 aliphatic heterocycles. The zero-order chi connectivity index (χ0) is 41.0. The van der Waals surface area contributed by atoms with Crippen molar-refractivity contribution in [3.63, 3.8) is 0 Å². The number of alkyl carbamates (subject to hydrolysis) is 2. The Balaban J connectivity index is 0.000000317. The number of hydrogen-bond acceptors (Lipinski definition) is 9. The first kappa shape index (κ1) is 45.2. The van der Waals surface area contributed by atoms with E-state index in [0.717, 1.165) is 23.3 Å². The molecule has 0 spiro atoms. The summed E-state index contributed by atoms with van der Waals surface area (Å²) < 4.78 is 40.1. The van der Waals surface area contributed by atoms with Gasteiger partial charge in [-0.2, -0.15) is 0 Å². The van der Waals surface area contributed by atoms with Crippen LogP contribution in [0.5, 0.6) is 0 Å². The summed E-state index contributed by atoms with van der Waals surface area (Å²) in [6.07, 6.45) is -1.54. The Labute approximate surface area is 325 Å². The largest absolute Gasteiger partial charge is 0.480 e. The number of hydrogen-bond donors (Lipinski definition) is 3. The highest BCUT2D eigenvalue weighted by molar-refractivity contribution is 9.09. The van der Waals surface area contributed by atoms with E-state index in [2.05, 4.69) is 26.6 Å². The van der Waals surface area contributed by atoms with Crippen LogP contribution in [0.25, 0.3) is 0 Å². The average molecular weight is 828 g/mol. The molecule has 0 unspecified atom stereocenters. The summed E-state index contributed by atoms with van der Waals surface area (Å²) in [5, 5.41) is 13.7. The molecule has 2 amide bonds. The molecular weight excluding hydrogens is 786 g/mol. The van der Waals surface area contributed by atoms with Crippen LogP contribution in [0.4, 0.5) is 18.4 Å². The van der Waals surface area contributed by atoms with Crippen molar-refractivity contribution >= 4 is 51.6 Å². The topological polar surface area (TPSA) is 174 Å². The van der Waals surface area contributed by atoms with Crippen LogP contribution in [0, 0.1) is 11.6 Å². The summed E-state index contributed by atoms with van der Waals surface area (Å²) in [6, 6.07) is 28.6. The molecule has 12 nitrogen and oxygen atoms in total. The van der Waals surface area contributed by atoms with Gasteiger partial charge in [0.15, 0.2) is 18.2 Å². The number of carboxylic acids is 1. The third-order valence-electron chi connectivity index (χ3n) is 7.09. The lowest BCUT2D eigenvalue weighted by Crippen LogP contribution is -2.51. The number of alkyl halides is 1. The van der Waals surface area contributed by atoms with Crippen LogP contribution in [0.3, 0.4) is 0 Å². The van der Waals surface area contributed by atoms with Crippen molar-refractivity contribution in [2.75, 3.05) is 11.9 Å². The van der Waals surface area contributed by atoms with Gasteiger partial charge in [-0.1, -0.05) is 76.6 Å². The molecule has 3 N–H and O–H groups in total. The first-order valence-corrected chi connectivity index (χ1v) is 17.6. The summed E-state index contributed by atoms with van der Waals surface area (Å²) in [7, 11) is 0. The fourth-order valence-electron chi connectivity index (χ4n) is 3.88. The van der Waals surface area contributed by atoms with Crippen LogP contribution in [0.15, 0.2) is 109 Å². The molecule has 292 valence electrons. The Morgan fingerprint density at radius 3 is 1.35 bits per heavy atom. The van der Waals surface area contributed by atoms with E-state index in [0.29, 0.717) is 5.56 Å². The number of nitrogens with one attached hydrogen (secondary N) is 2. The molecule has 0 fully saturated rings. The van der Waals surface area contributed by atoms with E-state index in [1.165, 1.54) is 64.1 Å². The minimum atomic E-state index is -1.39. The first-order valence-electron chi connectivity index (χ1n) is 16.5. The smallest absolute Gasteiger partial charge is 0.408 e. The highest BCUT2D eigenvalue weighted by atomic mass is 79.9. The number of ether oxygens (including phenoxy) is 3. The lowest BCUT2D eigenvalue weighted by molar-refractivity contribution is -0.148. The summed E-state index contributed by atoms with van der Waals surface area (Å²) in [5.74, 6) is -3.22. The predicted molar refractivity (Wildman–Crippen MR) is 202 cm³/mol. The van der Waals surface area contributed by atoms with Crippen molar-refractivity contribution in [2.24, 2.45) is 0 Å². The highest BCUT2D eigenvalue weighted by Gasteiger charge is 2.32. The third-order valence-corrected chi connectivity index (χ3v) is 7.60. The third kappa shape index (κ3) is 17.2. The van der Waals surface area contributed by atoms with E-state index >= 15 is 0 Å². The zero-order valence-electron chi connectivity index (χ0n) is 30.5. The number of Topliss-reactive ketones (excluding diaryl/α,β-unsaturated/α-hetero) is 2. The number of esters is 1. The lowest BCUT2D eigenvalue weighted by Gasteiger charge is -2.23. The van der Waals surface area contributed by atoms with Crippen molar-refractivity contribution < 1.29 is 56.9 Å². The SMILES string of the molecule is CC(C)(NC(=O)OCc1ccccc1)C(=O)O.CC(C)(NC(=O)OCc1ccccc1)C(=O)OCC(=O)c1ccc(F)cc1.O=C(CBr)c1ccc(F)cc1. The van der Waals surface area contributed by atoms with Crippen LogP contribution < -0.4 is 10.6 Å². The van der Waals surface area contributed by atoms with Gasteiger partial charge in [-0.05, 0) is 87.4 Å². The number of amides is 2. The van der Waals surface area contributed by atoms with E-state index in [-0.39, 0.29) is 35.7 Å². The molecule has 4 rings (SSSR count). The molecule has 0 saturated heterocycles. The van der Waals surface area contributed by atoms with Crippen LogP contribution >= 0.6 is 15.9 Å². The summed E-state index contributed by atoms with van der Waals surface area (Å²) in [6.45, 7) is 5.29. The molecule has 0 radical (unpaired) electrons. The number of benzene rings is 4. The second-order valence-electron chi connectivity index (χ2n) is 12.5. The van der Waals surface area contributed by atoms with Crippen LogP contribution in [0.2, 0.25) is 0 Å². The molecule has 0 aliphatic rings. The maximum absolute atomic E-state index is 12.9. The second-order valence-corrected chi connectivity index (χ2v) is 13.1. The minimum absolute atomic E-state index is 0.0370. The van der Waals surface area contributed by atoms with E-state index in [4.69, 9.17) is 19.3 Å². The molecule has 4 aromatic rings. The number of carboxylic acid groups (broad SMARTS) is 1. The van der Waals surface area contributed by atoms with Crippen molar-refractivity contribution in [3.8, 4) is 0 Å². The molecule has 0 aromatic heterocycles. The van der Waals surface area contributed by atoms with Crippen LogP contribution in [0.1, 0.15) is 59.5 Å². The number of carbonyl (C=O) groups excluding carboxylic acids is 5. The lowest BCUT2D eigenvalue weighted by atomic mass is 10.1. The molecule has 0 atom stereocenters. The summed E-state index contributed by atoms with van der Waals surface area (Å²) in [4.78, 5) is 69.1. The van der Waals surface area contributed by atoms with Gasteiger partial charge in [0, 0.05) is 11.1 Å². The maximum Gasteiger partial charge on any atom is 0.408 e. The first-order chi connectivity index (χ1) is 25.9. The highest BCUT2D eigenvalue weighted by Crippen LogP contribution is 2.10. The molecule has 0 aliphatic carbocycles. The van der Waals surface area contributed by atoms with Crippen molar-refractivity contribution in [3.05, 3.63) is 143 Å². The minimum Gasteiger partial charge on any atom is -0.480 e. The molecule has 15 heteroatoms. The predicted octanol–water partition coefficient (Wildman–Crippen LogP) is 7.44. The Bertz CT molecular complexity index is 1870. The van der Waals surface area contributed by atoms with Crippen molar-refractivity contribution in [1.29, 1.82) is 0 Å². The van der Waals surface area contributed by atoms with E-state index in [1.54, 1.807) is 12.1 Å². The van der Waals surface area contributed by atoms with Crippen LogP contribution in [-0.4, -0.2) is 63.8 Å². The molecule has 4 aromatic carbocycles. The number of aliphatic carboxylic acids is 1. The number of ketones is 2. The Morgan fingerprint density at radius 2 is 0.964 bits per heavy atom. The Kier molecular flexibility index (Phi) is 18.3. The Hall–Kier alpha value is -5.96. The van der Waals surface area contributed by atoms with E-state index in [9.17, 15) is 37.5 Å². The van der Waals surface area contributed by atoms with E-state index < -0.39 is 53.4 Å². The van der Waals surface area contributed by atoms with Gasteiger partial charge in [-0.25, -0.2) is 28.0 Å². The van der Waals surface area contributed by atoms with Gasteiger partial charge in [0.1, 0.15) is 35.9 Å². The number of carbonyl (C=O) groups is 6. The van der Waals surface area contributed by atoms with Gasteiger partial charge in [0.25, 0.3) is 0 Å². The standard InChI is InChI=1S/C20H20FNO5.C12H15NO4.C8H6BrFO/c1-20(2,22-19(25)27-12-14-6-4-3-5-7-14)18(24)26-13-17(23)15-8-10-16(21)11-9-15;1-12(2,10(14)15)13-11(16)17-8-9-6-4-3-5-7-9;9-5-8(11)6-1-3-7(10)4-2-6/h3-11H,12-13H2,1-2H3,(H,22,25);3-7H,8H2,1-2H3,(H,13,16)(H,14,15);1-4H,5H2. The van der Waals surface area contributed by atoms with Crippen LogP contribution in [-0.2, 0) is 37.0 Å². The molecule has 0 saturated carbocycles. The van der Waals surface area contributed by atoms with Crippen molar-refractivity contribution in [1.82, 2.24) is 10.6 Å². The molecular formula is C40H41BrF2N2O10. The van der Waals surface area contributed by atoms with E-state index in [1.807, 2.05) is 48.5 Å². The quantitative estimate of drug-likeness (QED) is 0.0532. The van der Waals surface area contributed by atoms with Gasteiger partial charge in [-0.15, -0.1) is 0 Å². The normalized spacial score (nSPS) is 10.5. The molecule has 0 heterocycles. The fourth-order valence-corrected chi connectivity index (χ4v) is 4.20. The van der Waals surface area contributed by atoms with Crippen molar-refractivity contribution in [2.45, 2.75) is 52.0 Å². The van der Waals surface area contributed by atoms with Gasteiger partial charge >= 0.3 is 24.1 Å². The fraction of sp³-hybridized carbons (Fsp3) is 0.250. The molecule has 0 bridgehead atoms. The number of halogens is 3. The van der Waals surface area contributed by atoms with Gasteiger partial charge < -0.3 is 30.0 Å². The van der Waals surface area contributed by atoms with Gasteiger partial charge in [0.05, 0.1) is 5.33 Å².